The van der Waals surface area contributed by atoms with Gasteiger partial charge >= 0.3 is 0 Å². The molecule has 1 N–H and O–H groups in total. The van der Waals surface area contributed by atoms with Crippen LogP contribution in [-0.4, -0.2) is 42.0 Å². The lowest BCUT2D eigenvalue weighted by Crippen LogP contribution is -2.48. The average Bonchev–Trinajstić information content (AvgIpc) is 2.76. The number of piperidine rings is 1. The van der Waals surface area contributed by atoms with Crippen molar-refractivity contribution in [1.82, 2.24) is 4.90 Å². The molecule has 2 heterocycles. The summed E-state index contributed by atoms with van der Waals surface area (Å²) >= 11 is 0. The van der Waals surface area contributed by atoms with Crippen molar-refractivity contribution in [2.75, 3.05) is 12.4 Å². The molecule has 118 valence electrons. The normalized spacial score (nSPS) is 26.8. The zero-order valence-electron chi connectivity index (χ0n) is 13.0. The Hall–Kier alpha value is -1.88. The van der Waals surface area contributed by atoms with Crippen LogP contribution in [0.15, 0.2) is 24.3 Å². The van der Waals surface area contributed by atoms with Gasteiger partial charge in [-0.2, -0.15) is 0 Å². The maximum atomic E-state index is 12.8. The minimum atomic E-state index is -0.112. The van der Waals surface area contributed by atoms with E-state index in [0.29, 0.717) is 23.3 Å². The smallest absolute Gasteiger partial charge is 0.254 e. The highest BCUT2D eigenvalue weighted by Crippen LogP contribution is 2.37. The van der Waals surface area contributed by atoms with Crippen LogP contribution >= 0.6 is 0 Å². The van der Waals surface area contributed by atoms with E-state index in [1.165, 1.54) is 6.92 Å². The first-order chi connectivity index (χ1) is 10.6. The summed E-state index contributed by atoms with van der Waals surface area (Å²) in [6, 6.07) is 7.72. The van der Waals surface area contributed by atoms with Crippen LogP contribution in [-0.2, 0) is 9.53 Å². The Kier molecular flexibility index (Phi) is 4.16. The number of amides is 2. The van der Waals surface area contributed by atoms with Gasteiger partial charge in [-0.3, -0.25) is 9.59 Å². The predicted octanol–water partition coefficient (Wildman–Crippen LogP) is 2.43. The summed E-state index contributed by atoms with van der Waals surface area (Å²) in [7, 11) is 1.75. The third-order valence-corrected chi connectivity index (χ3v) is 4.71. The molecule has 2 amide bonds. The summed E-state index contributed by atoms with van der Waals surface area (Å²) in [5.74, 6) is -0.0183. The Bertz CT molecular complexity index is 556. The second-order valence-electron chi connectivity index (χ2n) is 6.19. The predicted molar refractivity (Wildman–Crippen MR) is 83.8 cm³/mol. The van der Waals surface area contributed by atoms with E-state index >= 15 is 0 Å². The minimum Gasteiger partial charge on any atom is -0.381 e. The molecule has 2 aliphatic rings. The van der Waals surface area contributed by atoms with E-state index in [-0.39, 0.29) is 17.9 Å². The number of benzene rings is 1. The molecular formula is C17H22N2O3. The molecule has 3 rings (SSSR count). The van der Waals surface area contributed by atoms with Crippen molar-refractivity contribution in [3.8, 4) is 0 Å². The van der Waals surface area contributed by atoms with Crippen molar-refractivity contribution in [1.29, 1.82) is 0 Å². The van der Waals surface area contributed by atoms with Gasteiger partial charge in [-0.1, -0.05) is 0 Å². The maximum absolute atomic E-state index is 12.8. The molecule has 0 aromatic heterocycles. The first-order valence-corrected chi connectivity index (χ1v) is 7.81. The highest BCUT2D eigenvalue weighted by atomic mass is 16.5. The zero-order chi connectivity index (χ0) is 15.7. The molecular weight excluding hydrogens is 280 g/mol. The summed E-state index contributed by atoms with van der Waals surface area (Å²) in [4.78, 5) is 25.9. The number of ether oxygens (including phenoxy) is 1. The van der Waals surface area contributed by atoms with Crippen molar-refractivity contribution in [3.63, 3.8) is 0 Å². The molecule has 0 radical (unpaired) electrons. The van der Waals surface area contributed by atoms with Gasteiger partial charge < -0.3 is 15.0 Å². The topological polar surface area (TPSA) is 58.6 Å². The van der Waals surface area contributed by atoms with Crippen LogP contribution in [0.5, 0.6) is 0 Å². The highest BCUT2D eigenvalue weighted by molar-refractivity contribution is 5.96. The second-order valence-corrected chi connectivity index (χ2v) is 6.19. The molecule has 0 aliphatic carbocycles. The van der Waals surface area contributed by atoms with E-state index in [9.17, 15) is 9.59 Å². The van der Waals surface area contributed by atoms with E-state index < -0.39 is 0 Å². The summed E-state index contributed by atoms with van der Waals surface area (Å²) < 4.78 is 5.48. The largest absolute Gasteiger partial charge is 0.381 e. The Morgan fingerprint density at radius 3 is 2.23 bits per heavy atom. The minimum absolute atomic E-state index is 0.0939. The molecule has 5 nitrogen and oxygen atoms in total. The summed E-state index contributed by atoms with van der Waals surface area (Å²) in [6.07, 6.45) is 4.29. The van der Waals surface area contributed by atoms with Gasteiger partial charge in [-0.15, -0.1) is 0 Å². The van der Waals surface area contributed by atoms with Crippen LogP contribution in [0.1, 0.15) is 43.0 Å². The molecule has 2 fully saturated rings. The number of anilines is 1. The monoisotopic (exact) mass is 302 g/mol. The molecule has 5 heteroatoms. The third kappa shape index (κ3) is 2.86. The number of nitrogens with zero attached hydrogens (tertiary/aromatic N) is 1. The Morgan fingerprint density at radius 1 is 1.14 bits per heavy atom. The number of methoxy groups -OCH3 is 1. The van der Waals surface area contributed by atoms with Gasteiger partial charge in [0.15, 0.2) is 0 Å². The Labute approximate surface area is 130 Å². The summed E-state index contributed by atoms with van der Waals surface area (Å²) in [5.41, 5.74) is 1.40. The lowest BCUT2D eigenvalue weighted by atomic mass is 9.98. The number of carbonyl (C=O) groups excluding carboxylic acids is 2. The molecule has 0 spiro atoms. The van der Waals surface area contributed by atoms with Crippen LogP contribution in [0.4, 0.5) is 5.69 Å². The van der Waals surface area contributed by atoms with Gasteiger partial charge in [0.1, 0.15) is 0 Å². The van der Waals surface area contributed by atoms with Crippen molar-refractivity contribution >= 4 is 17.5 Å². The second kappa shape index (κ2) is 6.08. The molecule has 1 aromatic rings. The van der Waals surface area contributed by atoms with E-state index in [0.717, 1.165) is 25.7 Å². The van der Waals surface area contributed by atoms with Gasteiger partial charge in [0.25, 0.3) is 5.91 Å². The molecule has 1 aromatic carbocycles. The third-order valence-electron chi connectivity index (χ3n) is 4.71. The molecule has 2 bridgehead atoms. The van der Waals surface area contributed by atoms with Crippen molar-refractivity contribution < 1.29 is 14.3 Å². The fraction of sp³-hybridized carbons (Fsp3) is 0.529. The molecule has 2 unspecified atom stereocenters. The summed E-state index contributed by atoms with van der Waals surface area (Å²) in [5, 5.41) is 2.71. The fourth-order valence-electron chi connectivity index (χ4n) is 3.70. The number of hydrogen-bond donors (Lipinski definition) is 1. The average molecular weight is 302 g/mol. The van der Waals surface area contributed by atoms with Crippen LogP contribution in [0, 0.1) is 0 Å². The van der Waals surface area contributed by atoms with E-state index in [1.807, 2.05) is 4.90 Å². The van der Waals surface area contributed by atoms with Crippen molar-refractivity contribution in [2.45, 2.75) is 50.8 Å². The fourth-order valence-corrected chi connectivity index (χ4v) is 3.70. The van der Waals surface area contributed by atoms with Crippen molar-refractivity contribution in [3.05, 3.63) is 29.8 Å². The van der Waals surface area contributed by atoms with Gasteiger partial charge in [-0.25, -0.2) is 0 Å². The first kappa shape index (κ1) is 15.0. The Morgan fingerprint density at radius 2 is 1.73 bits per heavy atom. The van der Waals surface area contributed by atoms with Gasteiger partial charge in [0.2, 0.25) is 5.91 Å². The van der Waals surface area contributed by atoms with Gasteiger partial charge in [0, 0.05) is 37.4 Å². The Balaban J connectivity index is 1.73. The molecule has 2 saturated heterocycles. The number of carbonyl (C=O) groups is 2. The van der Waals surface area contributed by atoms with Crippen LogP contribution in [0.3, 0.4) is 0 Å². The lowest BCUT2D eigenvalue weighted by molar-refractivity contribution is -0.114. The van der Waals surface area contributed by atoms with Gasteiger partial charge in [0.05, 0.1) is 6.10 Å². The highest BCUT2D eigenvalue weighted by Gasteiger charge is 2.43. The lowest BCUT2D eigenvalue weighted by Gasteiger charge is -2.38. The number of nitrogens with one attached hydrogen (secondary N) is 1. The first-order valence-electron chi connectivity index (χ1n) is 7.81. The van der Waals surface area contributed by atoms with Gasteiger partial charge in [-0.05, 0) is 49.9 Å². The van der Waals surface area contributed by atoms with E-state index in [2.05, 4.69) is 5.32 Å². The maximum Gasteiger partial charge on any atom is 0.254 e. The van der Waals surface area contributed by atoms with Crippen molar-refractivity contribution in [2.24, 2.45) is 0 Å². The molecule has 22 heavy (non-hydrogen) atoms. The number of fused-ring (bicyclic) bond motifs is 2. The number of rotatable bonds is 3. The molecule has 2 atom stereocenters. The van der Waals surface area contributed by atoms with E-state index in [4.69, 9.17) is 4.74 Å². The standard InChI is InChI=1S/C17H22N2O3/c1-11(20)18-13-5-3-12(4-6-13)17(21)19-14-7-8-15(19)10-16(9-14)22-2/h3-6,14-16H,7-10H2,1-2H3,(H,18,20). The molecule has 0 saturated carbocycles. The van der Waals surface area contributed by atoms with Crippen LogP contribution < -0.4 is 5.32 Å². The molecule has 2 aliphatic heterocycles. The zero-order valence-corrected chi connectivity index (χ0v) is 13.0. The van der Waals surface area contributed by atoms with Crippen LogP contribution in [0.2, 0.25) is 0 Å². The van der Waals surface area contributed by atoms with Crippen LogP contribution in [0.25, 0.3) is 0 Å². The summed E-state index contributed by atoms with van der Waals surface area (Å²) in [6.45, 7) is 1.47. The number of hydrogen-bond acceptors (Lipinski definition) is 3. The van der Waals surface area contributed by atoms with E-state index in [1.54, 1.807) is 31.4 Å². The quantitative estimate of drug-likeness (QED) is 0.933. The SMILES string of the molecule is COC1CC2CCC(C1)N2C(=O)c1ccc(NC(C)=O)cc1.